The van der Waals surface area contributed by atoms with E-state index in [1.54, 1.807) is 37.3 Å². The topological polar surface area (TPSA) is 75.3 Å². The van der Waals surface area contributed by atoms with Crippen LogP contribution in [0.4, 0.5) is 5.69 Å². The standard InChI is InChI=1S/C15H13ClN2O2S/c1-8-10(3-2-4-13(8)19)15(20)18-12-7-9(14(17)21)5-6-11(12)16/h2-7,19H,1H3,(H2,17,21)(H,18,20). The molecule has 2 aromatic carbocycles. The number of benzene rings is 2. The van der Waals surface area contributed by atoms with E-state index in [1.165, 1.54) is 6.07 Å². The van der Waals surface area contributed by atoms with Crippen molar-refractivity contribution in [2.45, 2.75) is 6.92 Å². The second kappa shape index (κ2) is 6.11. The number of amides is 1. The Morgan fingerprint density at radius 2 is 2.05 bits per heavy atom. The molecule has 2 rings (SSSR count). The van der Waals surface area contributed by atoms with Crippen molar-refractivity contribution in [3.05, 3.63) is 58.1 Å². The number of phenols is 1. The maximum absolute atomic E-state index is 12.3. The van der Waals surface area contributed by atoms with Gasteiger partial charge in [0.15, 0.2) is 0 Å². The summed E-state index contributed by atoms with van der Waals surface area (Å²) in [6, 6.07) is 9.65. The van der Waals surface area contributed by atoms with Crippen LogP contribution < -0.4 is 11.1 Å². The third-order valence-corrected chi connectivity index (χ3v) is 3.61. The molecule has 0 atom stereocenters. The van der Waals surface area contributed by atoms with Crippen LogP contribution in [0, 0.1) is 6.92 Å². The zero-order chi connectivity index (χ0) is 15.6. The molecule has 0 heterocycles. The molecule has 0 aliphatic heterocycles. The van der Waals surface area contributed by atoms with Gasteiger partial charge in [0.1, 0.15) is 10.7 Å². The first kappa shape index (κ1) is 15.3. The number of anilines is 1. The summed E-state index contributed by atoms with van der Waals surface area (Å²) in [6.45, 7) is 1.66. The molecule has 0 aromatic heterocycles. The zero-order valence-electron chi connectivity index (χ0n) is 11.2. The predicted octanol–water partition coefficient (Wildman–Crippen LogP) is 3.24. The lowest BCUT2D eigenvalue weighted by Gasteiger charge is -2.11. The van der Waals surface area contributed by atoms with Crippen molar-refractivity contribution in [3.63, 3.8) is 0 Å². The molecule has 0 radical (unpaired) electrons. The highest BCUT2D eigenvalue weighted by Crippen LogP contribution is 2.25. The number of thiocarbonyl (C=S) groups is 1. The number of carbonyl (C=O) groups is 1. The highest BCUT2D eigenvalue weighted by atomic mass is 35.5. The Bertz CT molecular complexity index is 732. The number of rotatable bonds is 3. The Labute approximate surface area is 132 Å². The Morgan fingerprint density at radius 3 is 2.71 bits per heavy atom. The van der Waals surface area contributed by atoms with Gasteiger partial charge in [0.25, 0.3) is 5.91 Å². The third-order valence-electron chi connectivity index (χ3n) is 3.05. The van der Waals surface area contributed by atoms with E-state index in [9.17, 15) is 9.90 Å². The van der Waals surface area contributed by atoms with E-state index >= 15 is 0 Å². The molecule has 6 heteroatoms. The third kappa shape index (κ3) is 3.32. The Kier molecular flexibility index (Phi) is 4.45. The molecule has 4 N–H and O–H groups in total. The minimum atomic E-state index is -0.370. The maximum atomic E-state index is 12.3. The number of nitrogens with one attached hydrogen (secondary N) is 1. The van der Waals surface area contributed by atoms with Gasteiger partial charge in [-0.1, -0.05) is 36.0 Å². The number of phenolic OH excluding ortho intramolecular Hbond substituents is 1. The van der Waals surface area contributed by atoms with Crippen LogP contribution in [-0.2, 0) is 0 Å². The summed E-state index contributed by atoms with van der Waals surface area (Å²) < 4.78 is 0. The molecule has 108 valence electrons. The maximum Gasteiger partial charge on any atom is 0.256 e. The molecule has 0 unspecified atom stereocenters. The molecular weight excluding hydrogens is 308 g/mol. The Hall–Kier alpha value is -2.11. The summed E-state index contributed by atoms with van der Waals surface area (Å²) in [5.74, 6) is -0.309. The molecule has 1 amide bonds. The highest BCUT2D eigenvalue weighted by molar-refractivity contribution is 7.80. The van der Waals surface area contributed by atoms with Gasteiger partial charge >= 0.3 is 0 Å². The minimum Gasteiger partial charge on any atom is -0.508 e. The van der Waals surface area contributed by atoms with Crippen molar-refractivity contribution in [2.75, 3.05) is 5.32 Å². The monoisotopic (exact) mass is 320 g/mol. The van der Waals surface area contributed by atoms with Crippen LogP contribution in [0.2, 0.25) is 5.02 Å². The van der Waals surface area contributed by atoms with Gasteiger partial charge in [0.2, 0.25) is 0 Å². The molecule has 0 saturated heterocycles. The van der Waals surface area contributed by atoms with Gasteiger partial charge in [-0.3, -0.25) is 4.79 Å². The van der Waals surface area contributed by atoms with E-state index in [-0.39, 0.29) is 16.6 Å². The molecule has 0 fully saturated rings. The van der Waals surface area contributed by atoms with Crippen LogP contribution in [0.15, 0.2) is 36.4 Å². The molecule has 4 nitrogen and oxygen atoms in total. The van der Waals surface area contributed by atoms with Crippen molar-refractivity contribution >= 4 is 40.4 Å². The summed E-state index contributed by atoms with van der Waals surface area (Å²) in [7, 11) is 0. The number of aromatic hydroxyl groups is 1. The highest BCUT2D eigenvalue weighted by Gasteiger charge is 2.13. The second-order valence-electron chi connectivity index (χ2n) is 4.46. The van der Waals surface area contributed by atoms with Crippen LogP contribution >= 0.6 is 23.8 Å². The average Bonchev–Trinajstić information content (AvgIpc) is 2.43. The number of nitrogens with two attached hydrogens (primary N) is 1. The van der Waals surface area contributed by atoms with Crippen LogP contribution in [0.1, 0.15) is 21.5 Å². The van der Waals surface area contributed by atoms with Crippen molar-refractivity contribution in [1.82, 2.24) is 0 Å². The number of carbonyl (C=O) groups excluding carboxylic acids is 1. The second-order valence-corrected chi connectivity index (χ2v) is 5.31. The van der Waals surface area contributed by atoms with Gasteiger partial charge in [0, 0.05) is 16.7 Å². The van der Waals surface area contributed by atoms with E-state index in [1.807, 2.05) is 0 Å². The van der Waals surface area contributed by atoms with E-state index < -0.39 is 0 Å². The van der Waals surface area contributed by atoms with Crippen LogP contribution in [0.25, 0.3) is 0 Å². The van der Waals surface area contributed by atoms with Gasteiger partial charge in [-0.05, 0) is 31.2 Å². The van der Waals surface area contributed by atoms with Gasteiger partial charge in [-0.25, -0.2) is 0 Å². The molecular formula is C15H13ClN2O2S. The lowest BCUT2D eigenvalue weighted by molar-refractivity contribution is 0.102. The molecule has 0 saturated carbocycles. The molecule has 0 aliphatic rings. The van der Waals surface area contributed by atoms with E-state index in [2.05, 4.69) is 5.32 Å². The molecule has 0 bridgehead atoms. The van der Waals surface area contributed by atoms with Gasteiger partial charge < -0.3 is 16.2 Å². The Balaban J connectivity index is 2.33. The van der Waals surface area contributed by atoms with Crippen LogP contribution in [-0.4, -0.2) is 16.0 Å². The lowest BCUT2D eigenvalue weighted by Crippen LogP contribution is -2.15. The van der Waals surface area contributed by atoms with Gasteiger partial charge in [0.05, 0.1) is 10.7 Å². The summed E-state index contributed by atoms with van der Waals surface area (Å²) in [4.78, 5) is 12.5. The van der Waals surface area contributed by atoms with Crippen LogP contribution in [0.3, 0.4) is 0 Å². The number of hydrogen-bond donors (Lipinski definition) is 3. The summed E-state index contributed by atoms with van der Waals surface area (Å²) in [5.41, 5.74) is 7.45. The van der Waals surface area contributed by atoms with Crippen molar-refractivity contribution < 1.29 is 9.90 Å². The lowest BCUT2D eigenvalue weighted by atomic mass is 10.1. The molecule has 0 spiro atoms. The minimum absolute atomic E-state index is 0.0608. The van der Waals surface area contributed by atoms with Crippen molar-refractivity contribution in [3.8, 4) is 5.75 Å². The quantitative estimate of drug-likeness (QED) is 0.759. The summed E-state index contributed by atoms with van der Waals surface area (Å²) >= 11 is 11.0. The summed E-state index contributed by atoms with van der Waals surface area (Å²) in [5, 5.41) is 12.7. The normalized spacial score (nSPS) is 10.2. The predicted molar refractivity (Wildman–Crippen MR) is 88.1 cm³/mol. The van der Waals surface area contributed by atoms with E-state index in [4.69, 9.17) is 29.6 Å². The fourth-order valence-electron chi connectivity index (χ4n) is 1.83. The number of hydrogen-bond acceptors (Lipinski definition) is 3. The molecule has 21 heavy (non-hydrogen) atoms. The largest absolute Gasteiger partial charge is 0.508 e. The molecule has 0 aliphatic carbocycles. The van der Waals surface area contributed by atoms with Crippen molar-refractivity contribution in [2.24, 2.45) is 5.73 Å². The van der Waals surface area contributed by atoms with Crippen LogP contribution in [0.5, 0.6) is 5.75 Å². The smallest absolute Gasteiger partial charge is 0.256 e. The van der Waals surface area contributed by atoms with E-state index in [0.717, 1.165) is 0 Å². The SMILES string of the molecule is Cc1c(O)cccc1C(=O)Nc1cc(C(N)=S)ccc1Cl. The van der Waals surface area contributed by atoms with E-state index in [0.29, 0.717) is 27.4 Å². The average molecular weight is 321 g/mol. The first-order valence-corrected chi connectivity index (χ1v) is 6.88. The summed E-state index contributed by atoms with van der Waals surface area (Å²) in [6.07, 6.45) is 0. The fraction of sp³-hybridized carbons (Fsp3) is 0.0667. The zero-order valence-corrected chi connectivity index (χ0v) is 12.8. The first-order valence-electron chi connectivity index (χ1n) is 6.09. The number of halogens is 1. The Morgan fingerprint density at radius 1 is 1.33 bits per heavy atom. The molecule has 2 aromatic rings. The van der Waals surface area contributed by atoms with Crippen molar-refractivity contribution in [1.29, 1.82) is 0 Å². The first-order chi connectivity index (χ1) is 9.90. The van der Waals surface area contributed by atoms with Gasteiger partial charge in [-0.2, -0.15) is 0 Å². The fourth-order valence-corrected chi connectivity index (χ4v) is 2.13. The van der Waals surface area contributed by atoms with Gasteiger partial charge in [-0.15, -0.1) is 0 Å².